The fourth-order valence-electron chi connectivity index (χ4n) is 2.81. The molecule has 2 aromatic rings. The molecule has 0 radical (unpaired) electrons. The normalized spacial score (nSPS) is 17.6. The molecule has 0 aliphatic carbocycles. The van der Waals surface area contributed by atoms with Crippen LogP contribution in [-0.2, 0) is 9.84 Å². The van der Waals surface area contributed by atoms with Gasteiger partial charge in [0.05, 0.1) is 16.7 Å². The van der Waals surface area contributed by atoms with Gasteiger partial charge in [0.1, 0.15) is 5.02 Å². The summed E-state index contributed by atoms with van der Waals surface area (Å²) < 4.78 is 23.7. The van der Waals surface area contributed by atoms with Crippen LogP contribution in [0.4, 0.5) is 11.4 Å². The third kappa shape index (κ3) is 4.01. The summed E-state index contributed by atoms with van der Waals surface area (Å²) in [7, 11) is -3.40. The van der Waals surface area contributed by atoms with Gasteiger partial charge in [0.2, 0.25) is 0 Å². The lowest BCUT2D eigenvalue weighted by molar-refractivity contribution is -0.384. The van der Waals surface area contributed by atoms with Crippen LogP contribution in [0.2, 0.25) is 5.02 Å². The largest absolute Gasteiger partial charge is 0.300 e. The van der Waals surface area contributed by atoms with Crippen molar-refractivity contribution >= 4 is 38.7 Å². The minimum atomic E-state index is -3.40. The third-order valence-corrected chi connectivity index (χ3v) is 5.86. The van der Waals surface area contributed by atoms with Gasteiger partial charge in [0.15, 0.2) is 9.84 Å². The fourth-order valence-corrected chi connectivity index (χ4v) is 4.26. The number of amides is 1. The molecule has 7 nitrogen and oxygen atoms in total. The molecule has 1 aliphatic rings. The summed E-state index contributed by atoms with van der Waals surface area (Å²) >= 11 is 5.82. The lowest BCUT2D eigenvalue weighted by Crippen LogP contribution is -2.41. The lowest BCUT2D eigenvalue weighted by Gasteiger charge is -2.28. The molecule has 0 spiro atoms. The quantitative estimate of drug-likeness (QED) is 0.571. The van der Waals surface area contributed by atoms with E-state index in [1.807, 2.05) is 6.92 Å². The van der Waals surface area contributed by atoms with E-state index in [0.717, 1.165) is 17.0 Å². The first kappa shape index (κ1) is 19.1. The van der Waals surface area contributed by atoms with E-state index in [0.29, 0.717) is 5.69 Å². The number of halogens is 1. The Kier molecular flexibility index (Phi) is 5.03. The second kappa shape index (κ2) is 7.13. The Hall–Kier alpha value is -2.71. The van der Waals surface area contributed by atoms with Crippen LogP contribution in [0.3, 0.4) is 0 Å². The fraction of sp³-hybridized carbons (Fsp3) is 0.167. The molecular formula is C18H15ClN2O5S. The molecular weight excluding hydrogens is 392 g/mol. The number of hydrogen-bond acceptors (Lipinski definition) is 5. The maximum absolute atomic E-state index is 13.1. The van der Waals surface area contributed by atoms with E-state index in [9.17, 15) is 23.3 Å². The summed E-state index contributed by atoms with van der Waals surface area (Å²) in [6, 6.07) is 10.1. The predicted octanol–water partition coefficient (Wildman–Crippen LogP) is 3.51. The van der Waals surface area contributed by atoms with Crippen molar-refractivity contribution < 1.29 is 18.1 Å². The zero-order valence-electron chi connectivity index (χ0n) is 14.2. The van der Waals surface area contributed by atoms with Crippen molar-refractivity contribution in [1.29, 1.82) is 0 Å². The Bertz CT molecular complexity index is 1050. The van der Waals surface area contributed by atoms with Crippen LogP contribution in [0.5, 0.6) is 0 Å². The van der Waals surface area contributed by atoms with Crippen LogP contribution < -0.4 is 4.90 Å². The summed E-state index contributed by atoms with van der Waals surface area (Å²) in [4.78, 5) is 24.9. The summed E-state index contributed by atoms with van der Waals surface area (Å²) in [5.74, 6) is -0.798. The van der Waals surface area contributed by atoms with Crippen LogP contribution in [0, 0.1) is 17.0 Å². The highest BCUT2D eigenvalue weighted by Crippen LogP contribution is 2.29. The number of nitro groups is 1. The molecule has 0 saturated heterocycles. The number of carbonyl (C=O) groups excluding carboxylic acids is 1. The number of sulfone groups is 1. The summed E-state index contributed by atoms with van der Waals surface area (Å²) in [6.07, 6.45) is 1.44. The van der Waals surface area contributed by atoms with Crippen LogP contribution in [0.15, 0.2) is 53.9 Å². The van der Waals surface area contributed by atoms with Crippen molar-refractivity contribution in [2.75, 3.05) is 10.7 Å². The summed E-state index contributed by atoms with van der Waals surface area (Å²) in [5, 5.41) is 12.1. The van der Waals surface area contributed by atoms with Gasteiger partial charge in [-0.2, -0.15) is 0 Å². The second-order valence-corrected chi connectivity index (χ2v) is 8.50. The number of aryl methyl sites for hydroxylation is 1. The molecule has 1 amide bonds. The van der Waals surface area contributed by atoms with Crippen LogP contribution >= 0.6 is 11.6 Å². The average Bonchev–Trinajstić information content (AvgIpc) is 2.96. The van der Waals surface area contributed by atoms with Crippen molar-refractivity contribution in [3.8, 4) is 0 Å². The van der Waals surface area contributed by atoms with Crippen molar-refractivity contribution in [3.63, 3.8) is 0 Å². The molecule has 3 rings (SSSR count). The minimum absolute atomic E-state index is 0.0457. The third-order valence-electron chi connectivity index (χ3n) is 4.16. The molecule has 0 bridgehead atoms. The number of carbonyl (C=O) groups is 1. The van der Waals surface area contributed by atoms with Gasteiger partial charge in [-0.15, -0.1) is 0 Å². The molecule has 9 heteroatoms. The monoisotopic (exact) mass is 406 g/mol. The van der Waals surface area contributed by atoms with E-state index in [1.54, 1.807) is 24.3 Å². The predicted molar refractivity (Wildman–Crippen MR) is 103 cm³/mol. The van der Waals surface area contributed by atoms with E-state index in [2.05, 4.69) is 0 Å². The lowest BCUT2D eigenvalue weighted by atomic mass is 10.1. The number of anilines is 1. The molecule has 1 atom stereocenters. The van der Waals surface area contributed by atoms with E-state index in [-0.39, 0.29) is 22.0 Å². The molecule has 2 aromatic carbocycles. The van der Waals surface area contributed by atoms with E-state index < -0.39 is 26.7 Å². The topological polar surface area (TPSA) is 97.6 Å². The van der Waals surface area contributed by atoms with Crippen LogP contribution in [-0.4, -0.2) is 31.0 Å². The van der Waals surface area contributed by atoms with Gasteiger partial charge in [-0.25, -0.2) is 8.42 Å². The van der Waals surface area contributed by atoms with Crippen molar-refractivity contribution in [1.82, 2.24) is 0 Å². The number of nitro benzene ring substituents is 1. The Labute approximate surface area is 160 Å². The Balaban J connectivity index is 2.06. The maximum atomic E-state index is 13.1. The van der Waals surface area contributed by atoms with Gasteiger partial charge >= 0.3 is 0 Å². The van der Waals surface area contributed by atoms with Crippen molar-refractivity contribution in [2.24, 2.45) is 0 Å². The highest BCUT2D eigenvalue weighted by atomic mass is 35.5. The number of rotatable bonds is 4. The minimum Gasteiger partial charge on any atom is -0.300 e. The molecule has 0 N–H and O–H groups in total. The van der Waals surface area contributed by atoms with Gasteiger partial charge in [-0.3, -0.25) is 14.9 Å². The number of nitrogens with zero attached hydrogens (tertiary/aromatic N) is 2. The zero-order valence-corrected chi connectivity index (χ0v) is 15.8. The molecule has 140 valence electrons. The van der Waals surface area contributed by atoms with Gasteiger partial charge in [-0.1, -0.05) is 29.3 Å². The van der Waals surface area contributed by atoms with Crippen LogP contribution in [0.1, 0.15) is 15.9 Å². The van der Waals surface area contributed by atoms with E-state index in [1.165, 1.54) is 23.1 Å². The first-order valence-corrected chi connectivity index (χ1v) is 10.0. The first-order valence-electron chi connectivity index (χ1n) is 7.93. The Morgan fingerprint density at radius 3 is 2.44 bits per heavy atom. The zero-order chi connectivity index (χ0) is 19.8. The molecule has 27 heavy (non-hydrogen) atoms. The highest BCUT2D eigenvalue weighted by Gasteiger charge is 2.32. The summed E-state index contributed by atoms with van der Waals surface area (Å²) in [5.41, 5.74) is 1.13. The van der Waals surface area contributed by atoms with E-state index in [4.69, 9.17) is 11.6 Å². The van der Waals surface area contributed by atoms with Gasteiger partial charge in [0, 0.05) is 22.7 Å². The molecule has 0 aromatic heterocycles. The number of benzene rings is 2. The van der Waals surface area contributed by atoms with Gasteiger partial charge in [0.25, 0.3) is 11.6 Å². The maximum Gasteiger partial charge on any atom is 0.288 e. The molecule has 0 saturated carbocycles. The molecule has 1 heterocycles. The first-order chi connectivity index (χ1) is 12.7. The SMILES string of the molecule is Cc1ccc(N(C(=O)c2ccc(Cl)c([N+](=O)[O-])c2)[C@H]2C=CS(=O)(=O)C2)cc1. The molecule has 1 aliphatic heterocycles. The van der Waals surface area contributed by atoms with E-state index >= 15 is 0 Å². The molecule has 0 unspecified atom stereocenters. The second-order valence-electron chi connectivity index (χ2n) is 6.16. The standard InChI is InChI=1S/C18H15ClN2O5S/c1-12-2-5-14(6-3-12)20(15-8-9-27(25,26)11-15)18(22)13-4-7-16(19)17(10-13)21(23)24/h2-10,15H,11H2,1H3/t15-/m0/s1. The van der Waals surface area contributed by atoms with Crippen molar-refractivity contribution in [3.05, 3.63) is 80.2 Å². The average molecular weight is 407 g/mol. The molecule has 0 fully saturated rings. The van der Waals surface area contributed by atoms with Gasteiger partial charge < -0.3 is 4.90 Å². The summed E-state index contributed by atoms with van der Waals surface area (Å²) in [6.45, 7) is 1.89. The number of hydrogen-bond donors (Lipinski definition) is 0. The van der Waals surface area contributed by atoms with Gasteiger partial charge in [-0.05, 0) is 37.3 Å². The van der Waals surface area contributed by atoms with Crippen molar-refractivity contribution in [2.45, 2.75) is 13.0 Å². The van der Waals surface area contributed by atoms with Crippen LogP contribution in [0.25, 0.3) is 0 Å². The Morgan fingerprint density at radius 1 is 1.22 bits per heavy atom. The Morgan fingerprint density at radius 2 is 1.89 bits per heavy atom. The highest BCUT2D eigenvalue weighted by molar-refractivity contribution is 7.94. The smallest absolute Gasteiger partial charge is 0.288 e.